The molecule has 1 aromatic rings. The van der Waals surface area contributed by atoms with Gasteiger partial charge in [-0.05, 0) is 19.9 Å². The monoisotopic (exact) mass is 250 g/mol. The number of hydrogen-bond acceptors (Lipinski definition) is 4. The highest BCUT2D eigenvalue weighted by molar-refractivity contribution is 5.09. The molecule has 1 aliphatic carbocycles. The van der Waals surface area contributed by atoms with E-state index in [4.69, 9.17) is 9.72 Å². The van der Waals surface area contributed by atoms with E-state index in [2.05, 4.69) is 10.4 Å². The van der Waals surface area contributed by atoms with Crippen LogP contribution in [0.25, 0.3) is 0 Å². The predicted octanol–water partition coefficient (Wildman–Crippen LogP) is 1.17. The van der Waals surface area contributed by atoms with Crippen molar-refractivity contribution in [1.82, 2.24) is 20.1 Å². The van der Waals surface area contributed by atoms with Crippen molar-refractivity contribution in [3.05, 3.63) is 11.6 Å². The molecular weight excluding hydrogens is 228 g/mol. The van der Waals surface area contributed by atoms with Crippen molar-refractivity contribution < 1.29 is 4.74 Å². The van der Waals surface area contributed by atoms with Crippen LogP contribution in [0.5, 0.6) is 0 Å². The second-order valence-corrected chi connectivity index (χ2v) is 5.47. The molecule has 2 aliphatic rings. The molecule has 0 radical (unpaired) electrons. The SMILES string of the molecule is CNC1COCC1c1nc(C2CCCC2)nn1C. The lowest BCUT2D eigenvalue weighted by molar-refractivity contribution is 0.187. The highest BCUT2D eigenvalue weighted by Gasteiger charge is 2.33. The molecule has 5 heteroatoms. The molecule has 5 nitrogen and oxygen atoms in total. The predicted molar refractivity (Wildman–Crippen MR) is 68.6 cm³/mol. The second-order valence-electron chi connectivity index (χ2n) is 5.47. The molecule has 0 bridgehead atoms. The third kappa shape index (κ3) is 2.06. The van der Waals surface area contributed by atoms with Crippen molar-refractivity contribution in [2.45, 2.75) is 43.6 Å². The van der Waals surface area contributed by atoms with Gasteiger partial charge in [-0.2, -0.15) is 5.10 Å². The minimum atomic E-state index is 0.336. The quantitative estimate of drug-likeness (QED) is 0.875. The largest absolute Gasteiger partial charge is 0.379 e. The summed E-state index contributed by atoms with van der Waals surface area (Å²) in [5.41, 5.74) is 0. The van der Waals surface area contributed by atoms with Crippen LogP contribution in [-0.4, -0.2) is 41.1 Å². The van der Waals surface area contributed by atoms with Gasteiger partial charge in [0.15, 0.2) is 5.82 Å². The summed E-state index contributed by atoms with van der Waals surface area (Å²) in [4.78, 5) is 4.80. The van der Waals surface area contributed by atoms with Crippen molar-refractivity contribution in [3.8, 4) is 0 Å². The van der Waals surface area contributed by atoms with E-state index in [0.29, 0.717) is 17.9 Å². The van der Waals surface area contributed by atoms with Gasteiger partial charge in [0.2, 0.25) is 0 Å². The van der Waals surface area contributed by atoms with Crippen molar-refractivity contribution in [3.63, 3.8) is 0 Å². The topological polar surface area (TPSA) is 52.0 Å². The Kier molecular flexibility index (Phi) is 3.35. The third-order valence-corrected chi connectivity index (χ3v) is 4.32. The Morgan fingerprint density at radius 3 is 2.78 bits per heavy atom. The summed E-state index contributed by atoms with van der Waals surface area (Å²) in [6.07, 6.45) is 5.15. The molecular formula is C13H22N4O. The molecule has 3 rings (SSSR count). The summed E-state index contributed by atoms with van der Waals surface area (Å²) >= 11 is 0. The van der Waals surface area contributed by atoms with Gasteiger partial charge >= 0.3 is 0 Å². The number of likely N-dealkylation sites (N-methyl/N-ethyl adjacent to an activating group) is 1. The van der Waals surface area contributed by atoms with Crippen LogP contribution in [0.2, 0.25) is 0 Å². The standard InChI is InChI=1S/C13H22N4O/c1-14-11-8-18-7-10(11)13-15-12(16-17(13)2)9-5-3-4-6-9/h9-11,14H,3-8H2,1-2H3. The van der Waals surface area contributed by atoms with Gasteiger partial charge in [0.1, 0.15) is 5.82 Å². The first-order valence-corrected chi connectivity index (χ1v) is 6.95. The summed E-state index contributed by atoms with van der Waals surface area (Å²) < 4.78 is 7.52. The minimum absolute atomic E-state index is 0.336. The van der Waals surface area contributed by atoms with E-state index < -0.39 is 0 Å². The maximum Gasteiger partial charge on any atom is 0.154 e. The number of rotatable bonds is 3. The Hall–Kier alpha value is -0.940. The van der Waals surface area contributed by atoms with Crippen LogP contribution in [0.4, 0.5) is 0 Å². The zero-order valence-corrected chi connectivity index (χ0v) is 11.2. The smallest absolute Gasteiger partial charge is 0.154 e. The lowest BCUT2D eigenvalue weighted by Gasteiger charge is -2.15. The maximum absolute atomic E-state index is 5.56. The molecule has 1 N–H and O–H groups in total. The van der Waals surface area contributed by atoms with Crippen molar-refractivity contribution in [2.24, 2.45) is 7.05 Å². The molecule has 0 amide bonds. The number of aryl methyl sites for hydroxylation is 1. The Balaban J connectivity index is 1.83. The summed E-state index contributed by atoms with van der Waals surface area (Å²) in [5.74, 6) is 3.04. The molecule has 0 spiro atoms. The fourth-order valence-electron chi connectivity index (χ4n) is 3.19. The maximum atomic E-state index is 5.56. The number of hydrogen-bond donors (Lipinski definition) is 1. The highest BCUT2D eigenvalue weighted by atomic mass is 16.5. The summed E-state index contributed by atoms with van der Waals surface area (Å²) in [5, 5.41) is 7.94. The highest BCUT2D eigenvalue weighted by Crippen LogP contribution is 2.33. The minimum Gasteiger partial charge on any atom is -0.379 e. The lowest BCUT2D eigenvalue weighted by Crippen LogP contribution is -2.32. The van der Waals surface area contributed by atoms with Crippen LogP contribution in [0.1, 0.15) is 49.2 Å². The van der Waals surface area contributed by atoms with E-state index in [-0.39, 0.29) is 0 Å². The van der Waals surface area contributed by atoms with Gasteiger partial charge in [0, 0.05) is 19.0 Å². The molecule has 2 unspecified atom stereocenters. The van der Waals surface area contributed by atoms with Crippen LogP contribution in [-0.2, 0) is 11.8 Å². The lowest BCUT2D eigenvalue weighted by atomic mass is 10.0. The van der Waals surface area contributed by atoms with Crippen LogP contribution in [0.3, 0.4) is 0 Å². The van der Waals surface area contributed by atoms with Gasteiger partial charge in [-0.25, -0.2) is 4.98 Å². The molecule has 0 aromatic carbocycles. The first kappa shape index (κ1) is 12.1. The molecule has 1 saturated carbocycles. The van der Waals surface area contributed by atoms with Gasteiger partial charge in [-0.1, -0.05) is 12.8 Å². The van der Waals surface area contributed by atoms with Gasteiger partial charge in [0.05, 0.1) is 19.1 Å². The van der Waals surface area contributed by atoms with E-state index in [1.165, 1.54) is 25.7 Å². The summed E-state index contributed by atoms with van der Waals surface area (Å²) in [6, 6.07) is 0.365. The molecule has 18 heavy (non-hydrogen) atoms. The molecule has 1 aliphatic heterocycles. The van der Waals surface area contributed by atoms with E-state index in [1.807, 2.05) is 18.8 Å². The third-order valence-electron chi connectivity index (χ3n) is 4.32. The Labute approximate surface area is 108 Å². The van der Waals surface area contributed by atoms with Gasteiger partial charge in [-0.3, -0.25) is 4.68 Å². The van der Waals surface area contributed by atoms with E-state index >= 15 is 0 Å². The van der Waals surface area contributed by atoms with Crippen LogP contribution < -0.4 is 5.32 Å². The van der Waals surface area contributed by atoms with Crippen LogP contribution in [0, 0.1) is 0 Å². The normalized spacial score (nSPS) is 29.2. The average molecular weight is 250 g/mol. The van der Waals surface area contributed by atoms with Crippen LogP contribution in [0.15, 0.2) is 0 Å². The van der Waals surface area contributed by atoms with Crippen LogP contribution >= 0.6 is 0 Å². The van der Waals surface area contributed by atoms with Gasteiger partial charge in [-0.15, -0.1) is 0 Å². The van der Waals surface area contributed by atoms with Crippen molar-refractivity contribution in [2.75, 3.05) is 20.3 Å². The van der Waals surface area contributed by atoms with E-state index in [9.17, 15) is 0 Å². The second kappa shape index (κ2) is 4.97. The molecule has 1 saturated heterocycles. The fraction of sp³-hybridized carbons (Fsp3) is 0.846. The summed E-state index contributed by atoms with van der Waals surface area (Å²) in [7, 11) is 3.99. The average Bonchev–Trinajstić information content (AvgIpc) is 3.08. The molecule has 2 atom stereocenters. The van der Waals surface area contributed by atoms with Gasteiger partial charge in [0.25, 0.3) is 0 Å². The molecule has 2 fully saturated rings. The molecule has 1 aromatic heterocycles. The zero-order valence-electron chi connectivity index (χ0n) is 11.2. The number of nitrogens with one attached hydrogen (secondary N) is 1. The number of nitrogens with zero attached hydrogens (tertiary/aromatic N) is 3. The number of aromatic nitrogens is 3. The fourth-order valence-corrected chi connectivity index (χ4v) is 3.19. The summed E-state index contributed by atoms with van der Waals surface area (Å²) in [6.45, 7) is 1.52. The Bertz CT molecular complexity index is 411. The van der Waals surface area contributed by atoms with Crippen molar-refractivity contribution >= 4 is 0 Å². The van der Waals surface area contributed by atoms with E-state index in [1.54, 1.807) is 0 Å². The number of ether oxygens (including phenoxy) is 1. The zero-order chi connectivity index (χ0) is 12.5. The van der Waals surface area contributed by atoms with Gasteiger partial charge < -0.3 is 10.1 Å². The molecule has 2 heterocycles. The van der Waals surface area contributed by atoms with Crippen molar-refractivity contribution in [1.29, 1.82) is 0 Å². The van der Waals surface area contributed by atoms with E-state index in [0.717, 1.165) is 24.9 Å². The Morgan fingerprint density at radius 2 is 2.06 bits per heavy atom. The molecule has 100 valence electrons. The first-order valence-electron chi connectivity index (χ1n) is 6.95. The Morgan fingerprint density at radius 1 is 1.28 bits per heavy atom. The first-order chi connectivity index (χ1) is 8.79.